The zero-order valence-electron chi connectivity index (χ0n) is 12.4. The minimum Gasteiger partial charge on any atom is -0.508 e. The lowest BCUT2D eigenvalue weighted by atomic mass is 9.55. The summed E-state index contributed by atoms with van der Waals surface area (Å²) < 4.78 is 0. The normalized spacial score (nSPS) is 44.8. The number of aromatic hydroxyl groups is 1. The van der Waals surface area contributed by atoms with E-state index in [2.05, 4.69) is 28.9 Å². The van der Waals surface area contributed by atoms with Gasteiger partial charge in [0.1, 0.15) is 5.75 Å². The van der Waals surface area contributed by atoms with Crippen LogP contribution in [-0.2, 0) is 6.42 Å². The number of aryl methyl sites for hydroxylation is 1. The summed E-state index contributed by atoms with van der Waals surface area (Å²) in [5, 5.41) is 20.3. The number of phenolic OH excluding ortho intramolecular Hbond substituents is 1. The van der Waals surface area contributed by atoms with E-state index in [0.717, 1.165) is 19.3 Å². The van der Waals surface area contributed by atoms with Crippen LogP contribution >= 0.6 is 15.9 Å². The van der Waals surface area contributed by atoms with Crippen LogP contribution in [0.25, 0.3) is 0 Å². The first-order valence-corrected chi connectivity index (χ1v) is 9.06. The zero-order chi connectivity index (χ0) is 14.8. The van der Waals surface area contributed by atoms with Crippen molar-refractivity contribution in [3.63, 3.8) is 0 Å². The second-order valence-corrected chi connectivity index (χ2v) is 8.72. The highest BCUT2D eigenvalue weighted by Gasteiger charge is 2.57. The summed E-state index contributed by atoms with van der Waals surface area (Å²) in [6.45, 7) is 2.30. The summed E-state index contributed by atoms with van der Waals surface area (Å²) in [7, 11) is 0. The van der Waals surface area contributed by atoms with Gasteiger partial charge in [-0.05, 0) is 78.5 Å². The second-order valence-electron chi connectivity index (χ2n) is 7.54. The largest absolute Gasteiger partial charge is 0.508 e. The third kappa shape index (κ3) is 1.93. The Morgan fingerprint density at radius 1 is 1.29 bits per heavy atom. The number of halogens is 1. The van der Waals surface area contributed by atoms with Crippen molar-refractivity contribution in [1.82, 2.24) is 0 Å². The van der Waals surface area contributed by atoms with Gasteiger partial charge < -0.3 is 10.2 Å². The molecular formula is C18H23BrO2. The Hall–Kier alpha value is -0.540. The highest BCUT2D eigenvalue weighted by atomic mass is 79.9. The van der Waals surface area contributed by atoms with Gasteiger partial charge in [-0.25, -0.2) is 0 Å². The molecule has 4 rings (SSSR count). The maximum Gasteiger partial charge on any atom is 0.115 e. The topological polar surface area (TPSA) is 40.5 Å². The lowest BCUT2D eigenvalue weighted by Gasteiger charge is -2.50. The maximum atomic E-state index is 10.6. The molecule has 0 amide bonds. The Bertz CT molecular complexity index is 572. The van der Waals surface area contributed by atoms with Crippen LogP contribution in [0.4, 0.5) is 0 Å². The molecule has 0 radical (unpaired) electrons. The molecule has 2 nitrogen and oxygen atoms in total. The molecule has 2 saturated carbocycles. The fourth-order valence-electron chi connectivity index (χ4n) is 5.51. The fourth-order valence-corrected chi connectivity index (χ4v) is 6.52. The molecule has 6 atom stereocenters. The molecule has 0 saturated heterocycles. The molecule has 0 aliphatic heterocycles. The fraction of sp³-hybridized carbons (Fsp3) is 0.667. The third-order valence-electron chi connectivity index (χ3n) is 6.65. The molecule has 0 aromatic heterocycles. The molecule has 1 aromatic rings. The number of rotatable bonds is 0. The molecule has 0 bridgehead atoms. The molecule has 21 heavy (non-hydrogen) atoms. The summed E-state index contributed by atoms with van der Waals surface area (Å²) in [6, 6.07) is 5.93. The van der Waals surface area contributed by atoms with Crippen molar-refractivity contribution in [3.05, 3.63) is 29.3 Å². The molecule has 2 fully saturated rings. The lowest BCUT2D eigenvalue weighted by molar-refractivity contribution is -0.0213. The molecule has 0 unspecified atom stereocenters. The molecule has 0 heterocycles. The number of alkyl halides is 1. The van der Waals surface area contributed by atoms with Gasteiger partial charge in [0.2, 0.25) is 0 Å². The number of aliphatic hydroxyl groups is 1. The lowest BCUT2D eigenvalue weighted by Crippen LogP contribution is -2.44. The number of fused-ring (bicyclic) bond motifs is 5. The molecule has 1 aromatic carbocycles. The van der Waals surface area contributed by atoms with E-state index in [1.807, 2.05) is 12.1 Å². The van der Waals surface area contributed by atoms with Crippen LogP contribution in [0.5, 0.6) is 5.75 Å². The van der Waals surface area contributed by atoms with Crippen molar-refractivity contribution in [1.29, 1.82) is 0 Å². The molecule has 3 aliphatic rings. The van der Waals surface area contributed by atoms with E-state index in [0.29, 0.717) is 23.5 Å². The van der Waals surface area contributed by atoms with E-state index < -0.39 is 0 Å². The maximum absolute atomic E-state index is 10.6. The number of aliphatic hydroxyl groups excluding tert-OH is 1. The number of phenols is 1. The summed E-state index contributed by atoms with van der Waals surface area (Å²) in [5.74, 6) is 2.33. The van der Waals surface area contributed by atoms with Gasteiger partial charge in [-0.2, -0.15) is 0 Å². The molecule has 0 spiro atoms. The van der Waals surface area contributed by atoms with Gasteiger partial charge in [0.15, 0.2) is 0 Å². The first-order chi connectivity index (χ1) is 10.0. The van der Waals surface area contributed by atoms with E-state index in [4.69, 9.17) is 0 Å². The van der Waals surface area contributed by atoms with Gasteiger partial charge in [0, 0.05) is 4.83 Å². The highest BCUT2D eigenvalue weighted by Crippen LogP contribution is 2.61. The first-order valence-electron chi connectivity index (χ1n) is 8.14. The van der Waals surface area contributed by atoms with Gasteiger partial charge >= 0.3 is 0 Å². The van der Waals surface area contributed by atoms with E-state index in [1.54, 1.807) is 0 Å². The quantitative estimate of drug-likeness (QED) is 0.694. The van der Waals surface area contributed by atoms with Crippen LogP contribution < -0.4 is 0 Å². The van der Waals surface area contributed by atoms with Gasteiger partial charge in [0.25, 0.3) is 0 Å². The standard InChI is InChI=1S/C18H23BrO2/c1-18-7-6-13-12-5-3-11(20)8-10(12)2-4-14(13)15(18)9-16(19)17(18)21/h3,5,8,13-17,20-21H,2,4,6-7,9H2,1H3/t13-,14-,15+,16-,17-,18+/m1/s1. The minimum absolute atomic E-state index is 0.0871. The molecule has 3 aliphatic carbocycles. The molecule has 114 valence electrons. The smallest absolute Gasteiger partial charge is 0.115 e. The summed E-state index contributed by atoms with van der Waals surface area (Å²) >= 11 is 3.70. The van der Waals surface area contributed by atoms with Gasteiger partial charge in [-0.1, -0.05) is 28.9 Å². The van der Waals surface area contributed by atoms with Crippen LogP contribution in [0.3, 0.4) is 0 Å². The third-order valence-corrected chi connectivity index (χ3v) is 7.52. The van der Waals surface area contributed by atoms with Crippen molar-refractivity contribution in [2.24, 2.45) is 17.3 Å². The van der Waals surface area contributed by atoms with Crippen molar-refractivity contribution < 1.29 is 10.2 Å². The Morgan fingerprint density at radius 3 is 2.90 bits per heavy atom. The predicted octanol–water partition coefficient (Wildman–Crippen LogP) is 3.98. The molecular weight excluding hydrogens is 328 g/mol. The van der Waals surface area contributed by atoms with E-state index >= 15 is 0 Å². The zero-order valence-corrected chi connectivity index (χ0v) is 14.0. The van der Waals surface area contributed by atoms with Crippen molar-refractivity contribution in [2.45, 2.75) is 55.9 Å². The SMILES string of the molecule is C[C@]12CC[C@@H]3c4ccc(O)cc4CC[C@H]3[C@@H]1C[C@@H](Br)[C@H]2O. The van der Waals surface area contributed by atoms with Gasteiger partial charge in [-0.15, -0.1) is 0 Å². The minimum atomic E-state index is -0.204. The van der Waals surface area contributed by atoms with Crippen molar-refractivity contribution >= 4 is 15.9 Å². The summed E-state index contributed by atoms with van der Waals surface area (Å²) in [6.07, 6.45) is 5.46. The van der Waals surface area contributed by atoms with Crippen LogP contribution in [0.15, 0.2) is 18.2 Å². The molecule has 2 N–H and O–H groups in total. The Balaban J connectivity index is 1.71. The van der Waals surface area contributed by atoms with Crippen molar-refractivity contribution in [2.75, 3.05) is 0 Å². The van der Waals surface area contributed by atoms with E-state index in [-0.39, 0.29) is 16.3 Å². The average Bonchev–Trinajstić information content (AvgIpc) is 2.70. The van der Waals surface area contributed by atoms with E-state index in [9.17, 15) is 10.2 Å². The number of hydrogen-bond donors (Lipinski definition) is 2. The molecule has 3 heteroatoms. The van der Waals surface area contributed by atoms with Crippen LogP contribution in [0.2, 0.25) is 0 Å². The summed E-state index contributed by atoms with van der Waals surface area (Å²) in [5.41, 5.74) is 2.89. The summed E-state index contributed by atoms with van der Waals surface area (Å²) in [4.78, 5) is 0.257. The first kappa shape index (κ1) is 14.1. The van der Waals surface area contributed by atoms with E-state index in [1.165, 1.54) is 24.0 Å². The van der Waals surface area contributed by atoms with Gasteiger partial charge in [-0.3, -0.25) is 0 Å². The Kier molecular flexibility index (Phi) is 3.17. The van der Waals surface area contributed by atoms with Gasteiger partial charge in [0.05, 0.1) is 6.10 Å². The van der Waals surface area contributed by atoms with Crippen molar-refractivity contribution in [3.8, 4) is 5.75 Å². The average molecular weight is 351 g/mol. The number of hydrogen-bond acceptors (Lipinski definition) is 2. The number of benzene rings is 1. The van der Waals surface area contributed by atoms with Crippen LogP contribution in [-0.4, -0.2) is 21.1 Å². The Labute approximate surface area is 134 Å². The highest BCUT2D eigenvalue weighted by molar-refractivity contribution is 9.09. The predicted molar refractivity (Wildman–Crippen MR) is 86.8 cm³/mol. The second kappa shape index (κ2) is 4.73. The van der Waals surface area contributed by atoms with Crippen LogP contribution in [0, 0.1) is 17.3 Å². The Morgan fingerprint density at radius 2 is 2.10 bits per heavy atom. The van der Waals surface area contributed by atoms with Crippen LogP contribution in [0.1, 0.15) is 49.7 Å². The monoisotopic (exact) mass is 350 g/mol.